The Morgan fingerprint density at radius 2 is 1.85 bits per heavy atom. The van der Waals surface area contributed by atoms with Crippen LogP contribution in [0.3, 0.4) is 0 Å². The zero-order valence-corrected chi connectivity index (χ0v) is 14.7. The Bertz CT molecular complexity index is 857. The first-order valence-electron chi connectivity index (χ1n) is 8.23. The second-order valence-electron chi connectivity index (χ2n) is 6.63. The van der Waals surface area contributed by atoms with Crippen molar-refractivity contribution >= 4 is 33.0 Å². The van der Waals surface area contributed by atoms with E-state index in [2.05, 4.69) is 5.32 Å². The smallest absolute Gasteiger partial charge is 0.397 e. The fourth-order valence-electron chi connectivity index (χ4n) is 3.33. The molecule has 3 N–H and O–H groups in total. The first kappa shape index (κ1) is 19.8. The van der Waals surface area contributed by atoms with Crippen LogP contribution < -0.4 is 11.1 Å². The highest BCUT2D eigenvalue weighted by atomic mass is 32.1. The minimum atomic E-state index is -4.52. The van der Waals surface area contributed by atoms with Crippen molar-refractivity contribution in [2.75, 3.05) is 5.73 Å². The number of rotatable bonds is 2. The number of fused-ring (bicyclic) bond motifs is 1. The zero-order valence-electron chi connectivity index (χ0n) is 13.9. The molecule has 2 atom stereocenters. The molecular weight excluding hydrogens is 394 g/mol. The van der Waals surface area contributed by atoms with E-state index in [4.69, 9.17) is 5.73 Å². The minimum Gasteiger partial charge on any atom is -0.397 e. The minimum absolute atomic E-state index is 0.0125. The molecule has 0 bridgehead atoms. The lowest BCUT2D eigenvalue weighted by Gasteiger charge is -2.30. The fourth-order valence-corrected chi connectivity index (χ4v) is 4.40. The topological polar surface area (TPSA) is 55.1 Å². The summed E-state index contributed by atoms with van der Waals surface area (Å²) in [5.74, 6) is -2.12. The Morgan fingerprint density at radius 1 is 1.15 bits per heavy atom. The lowest BCUT2D eigenvalue weighted by molar-refractivity contribution is -0.183. The summed E-state index contributed by atoms with van der Waals surface area (Å²) in [5.41, 5.74) is 5.06. The van der Waals surface area contributed by atoms with Crippen molar-refractivity contribution in [2.24, 2.45) is 5.92 Å². The molecule has 148 valence electrons. The highest BCUT2D eigenvalue weighted by Crippen LogP contribution is 2.40. The molecule has 1 heterocycles. The highest BCUT2D eigenvalue weighted by molar-refractivity contribution is 7.21. The van der Waals surface area contributed by atoms with E-state index in [-0.39, 0.29) is 28.1 Å². The molecule has 1 aromatic heterocycles. The Morgan fingerprint density at radius 3 is 2.48 bits per heavy atom. The van der Waals surface area contributed by atoms with Crippen LogP contribution in [0.25, 0.3) is 10.1 Å². The second kappa shape index (κ2) is 6.88. The van der Waals surface area contributed by atoms with Crippen molar-refractivity contribution in [3.05, 3.63) is 28.6 Å². The van der Waals surface area contributed by atoms with Gasteiger partial charge in [0, 0.05) is 16.1 Å². The molecule has 1 aromatic carbocycles. The highest BCUT2D eigenvalue weighted by Gasteiger charge is 2.42. The predicted octanol–water partition coefficient (Wildman–Crippen LogP) is 5.35. The molecule has 1 aliphatic rings. The van der Waals surface area contributed by atoms with Gasteiger partial charge >= 0.3 is 12.4 Å². The SMILES string of the molecule is Nc1c(C(=O)NC2CCCC(C(F)(F)F)C2)sc2cc(C(F)(F)F)ccc12. The lowest BCUT2D eigenvalue weighted by Crippen LogP contribution is -2.41. The average Bonchev–Trinajstić information content (AvgIpc) is 2.90. The van der Waals surface area contributed by atoms with Gasteiger partial charge in [0.25, 0.3) is 5.91 Å². The van der Waals surface area contributed by atoms with E-state index in [0.717, 1.165) is 23.5 Å². The van der Waals surface area contributed by atoms with E-state index in [9.17, 15) is 31.1 Å². The van der Waals surface area contributed by atoms with Crippen molar-refractivity contribution in [3.8, 4) is 0 Å². The summed E-state index contributed by atoms with van der Waals surface area (Å²) in [5, 5.41) is 2.87. The van der Waals surface area contributed by atoms with Gasteiger partial charge in [0.2, 0.25) is 0 Å². The van der Waals surface area contributed by atoms with Crippen LogP contribution in [-0.4, -0.2) is 18.1 Å². The van der Waals surface area contributed by atoms with Crippen LogP contribution in [0.1, 0.15) is 40.9 Å². The van der Waals surface area contributed by atoms with E-state index in [1.54, 1.807) is 0 Å². The van der Waals surface area contributed by atoms with Crippen molar-refractivity contribution < 1.29 is 31.1 Å². The number of nitrogen functional groups attached to an aromatic ring is 1. The van der Waals surface area contributed by atoms with Gasteiger partial charge in [0.1, 0.15) is 4.88 Å². The number of hydrogen-bond acceptors (Lipinski definition) is 3. The molecule has 3 rings (SSSR count). The van der Waals surface area contributed by atoms with E-state index in [0.29, 0.717) is 18.2 Å². The Labute approximate surface area is 154 Å². The van der Waals surface area contributed by atoms with Crippen LogP contribution in [0.15, 0.2) is 18.2 Å². The fraction of sp³-hybridized carbons (Fsp3) is 0.471. The first-order chi connectivity index (χ1) is 12.5. The van der Waals surface area contributed by atoms with Crippen LogP contribution in [-0.2, 0) is 6.18 Å². The summed E-state index contributed by atoms with van der Waals surface area (Å²) in [6.07, 6.45) is -8.26. The van der Waals surface area contributed by atoms with Crippen molar-refractivity contribution in [2.45, 2.75) is 44.1 Å². The van der Waals surface area contributed by atoms with Gasteiger partial charge in [-0.2, -0.15) is 26.3 Å². The summed E-state index contributed by atoms with van der Waals surface area (Å²) in [7, 11) is 0. The maximum Gasteiger partial charge on any atom is 0.416 e. The third-order valence-corrected chi connectivity index (χ3v) is 5.90. The van der Waals surface area contributed by atoms with Crippen molar-refractivity contribution in [3.63, 3.8) is 0 Å². The largest absolute Gasteiger partial charge is 0.416 e. The first-order valence-corrected chi connectivity index (χ1v) is 9.05. The molecule has 0 saturated heterocycles. The van der Waals surface area contributed by atoms with Crippen molar-refractivity contribution in [1.29, 1.82) is 0 Å². The number of benzene rings is 1. The maximum absolute atomic E-state index is 12.9. The predicted molar refractivity (Wildman–Crippen MR) is 90.5 cm³/mol. The van der Waals surface area contributed by atoms with E-state index >= 15 is 0 Å². The summed E-state index contributed by atoms with van der Waals surface area (Å²) >= 11 is 0.798. The monoisotopic (exact) mass is 410 g/mol. The molecule has 2 aromatic rings. The number of halogens is 6. The van der Waals surface area contributed by atoms with Gasteiger partial charge in [-0.3, -0.25) is 4.79 Å². The molecule has 1 fully saturated rings. The van der Waals surface area contributed by atoms with Gasteiger partial charge < -0.3 is 11.1 Å². The maximum atomic E-state index is 12.9. The molecule has 1 aliphatic carbocycles. The molecule has 0 radical (unpaired) electrons. The van der Waals surface area contributed by atoms with Gasteiger partial charge in [-0.25, -0.2) is 0 Å². The molecule has 1 saturated carbocycles. The molecular formula is C17H16F6N2OS. The summed E-state index contributed by atoms with van der Waals surface area (Å²) in [6, 6.07) is 2.34. The molecule has 3 nitrogen and oxygen atoms in total. The van der Waals surface area contributed by atoms with Crippen LogP contribution in [0.2, 0.25) is 0 Å². The van der Waals surface area contributed by atoms with E-state index in [1.807, 2.05) is 0 Å². The van der Waals surface area contributed by atoms with Crippen molar-refractivity contribution in [1.82, 2.24) is 5.32 Å². The van der Waals surface area contributed by atoms with Gasteiger partial charge in [-0.1, -0.05) is 12.5 Å². The summed E-state index contributed by atoms with van der Waals surface area (Å²) in [4.78, 5) is 12.5. The number of nitrogens with two attached hydrogens (primary N) is 1. The van der Waals surface area contributed by atoms with E-state index in [1.165, 1.54) is 6.07 Å². The van der Waals surface area contributed by atoms with Crippen LogP contribution in [0.4, 0.5) is 32.0 Å². The molecule has 0 spiro atoms. The zero-order chi connectivity index (χ0) is 20.0. The number of hydrogen-bond donors (Lipinski definition) is 2. The quantitative estimate of drug-likeness (QED) is 0.656. The van der Waals surface area contributed by atoms with Crippen LogP contribution >= 0.6 is 11.3 Å². The number of alkyl halides is 6. The number of carbonyl (C=O) groups is 1. The van der Waals surface area contributed by atoms with Gasteiger partial charge in [-0.05, 0) is 31.4 Å². The van der Waals surface area contributed by atoms with Gasteiger partial charge in [0.05, 0.1) is 17.2 Å². The second-order valence-corrected chi connectivity index (χ2v) is 7.68. The summed E-state index contributed by atoms with van der Waals surface area (Å²) < 4.78 is 77.3. The molecule has 0 aliphatic heterocycles. The number of amides is 1. The number of nitrogens with one attached hydrogen (secondary N) is 1. The molecule has 2 unspecified atom stereocenters. The lowest BCUT2D eigenvalue weighted by atomic mass is 9.85. The van der Waals surface area contributed by atoms with Crippen LogP contribution in [0.5, 0.6) is 0 Å². The average molecular weight is 410 g/mol. The normalized spacial score (nSPS) is 21.4. The third-order valence-electron chi connectivity index (χ3n) is 4.73. The van der Waals surface area contributed by atoms with Gasteiger partial charge in [0.15, 0.2) is 0 Å². The number of carbonyl (C=O) groups excluding carboxylic acids is 1. The Hall–Kier alpha value is -1.97. The number of thiophene rings is 1. The van der Waals surface area contributed by atoms with Gasteiger partial charge in [-0.15, -0.1) is 11.3 Å². The molecule has 1 amide bonds. The Balaban J connectivity index is 1.80. The van der Waals surface area contributed by atoms with Crippen LogP contribution in [0, 0.1) is 5.92 Å². The third kappa shape index (κ3) is 4.15. The number of anilines is 1. The summed E-state index contributed by atoms with van der Waals surface area (Å²) in [6.45, 7) is 0. The molecule has 27 heavy (non-hydrogen) atoms. The standard InChI is InChI=1S/C17H16F6N2OS/c18-16(19,20)8-2-1-3-10(6-8)25-15(26)14-13(24)11-5-4-9(17(21,22)23)7-12(11)27-14/h4-5,7-8,10H,1-3,6,24H2,(H,25,26). The van der Waals surface area contributed by atoms with E-state index < -0.39 is 35.8 Å². The Kier molecular flexibility index (Phi) is 5.04. The molecule has 10 heteroatoms.